The molecule has 146 valence electrons. The van der Waals surface area contributed by atoms with Crippen LogP contribution in [0.4, 0.5) is 0 Å². The third kappa shape index (κ3) is 3.15. The Morgan fingerprint density at radius 1 is 1.25 bits per heavy atom. The van der Waals surface area contributed by atoms with E-state index in [1.165, 1.54) is 18.4 Å². The normalized spacial score (nSPS) is 29.5. The zero-order valence-corrected chi connectivity index (χ0v) is 16.0. The van der Waals surface area contributed by atoms with Crippen LogP contribution in [0.3, 0.4) is 0 Å². The van der Waals surface area contributed by atoms with Crippen LogP contribution in [0.2, 0.25) is 0 Å². The Balaban J connectivity index is 1.41. The molecule has 1 aliphatic carbocycles. The lowest BCUT2D eigenvalue weighted by molar-refractivity contribution is -0.110. The molecule has 2 aromatic rings. The molecular weight excluding hydrogens is 352 g/mol. The molecule has 1 aromatic heterocycles. The monoisotopic (exact) mass is 378 g/mol. The van der Waals surface area contributed by atoms with Gasteiger partial charge < -0.3 is 15.0 Å². The van der Waals surface area contributed by atoms with Crippen LogP contribution in [0.15, 0.2) is 24.3 Å². The van der Waals surface area contributed by atoms with Gasteiger partial charge in [-0.15, -0.1) is 0 Å². The summed E-state index contributed by atoms with van der Waals surface area (Å²) < 4.78 is 0. The molecule has 2 atom stereocenters. The van der Waals surface area contributed by atoms with Crippen LogP contribution >= 0.6 is 0 Å². The van der Waals surface area contributed by atoms with Crippen LogP contribution in [0, 0.1) is 11.8 Å². The van der Waals surface area contributed by atoms with Crippen molar-refractivity contribution < 1.29 is 9.59 Å². The Bertz CT molecular complexity index is 939. The maximum absolute atomic E-state index is 13.0. The average molecular weight is 378 g/mol. The molecule has 6 heteroatoms. The first-order chi connectivity index (χ1) is 13.7. The predicted molar refractivity (Wildman–Crippen MR) is 108 cm³/mol. The minimum Gasteiger partial charge on any atom is -0.346 e. The zero-order chi connectivity index (χ0) is 19.1. The fraction of sp³-hybridized carbons (Fsp3) is 0.500. The number of hydrogen-bond donors (Lipinski definition) is 2. The molecule has 6 rings (SSSR count). The van der Waals surface area contributed by atoms with E-state index in [9.17, 15) is 9.59 Å². The van der Waals surface area contributed by atoms with E-state index in [0.717, 1.165) is 61.6 Å². The molecule has 28 heavy (non-hydrogen) atoms. The Morgan fingerprint density at radius 3 is 2.86 bits per heavy atom. The van der Waals surface area contributed by atoms with Gasteiger partial charge in [-0.05, 0) is 74.4 Å². The Labute approximate surface area is 164 Å². The maximum atomic E-state index is 13.0. The van der Waals surface area contributed by atoms with Crippen molar-refractivity contribution in [2.24, 2.45) is 11.8 Å². The van der Waals surface area contributed by atoms with Gasteiger partial charge in [0, 0.05) is 23.9 Å². The summed E-state index contributed by atoms with van der Waals surface area (Å²) in [6, 6.07) is 6.30. The van der Waals surface area contributed by atoms with Crippen molar-refractivity contribution in [3.8, 4) is 0 Å². The maximum Gasteiger partial charge on any atom is 0.272 e. The predicted octanol–water partition coefficient (Wildman–Crippen LogP) is 2.77. The summed E-state index contributed by atoms with van der Waals surface area (Å²) in [7, 11) is 0. The Kier molecular flexibility index (Phi) is 4.51. The molecule has 1 amide bonds. The number of benzene rings is 1. The van der Waals surface area contributed by atoms with Crippen LogP contribution in [0.1, 0.15) is 48.2 Å². The van der Waals surface area contributed by atoms with Crippen LogP contribution in [0.5, 0.6) is 0 Å². The quantitative estimate of drug-likeness (QED) is 0.802. The number of allylic oxidation sites excluding steroid dienone is 2. The van der Waals surface area contributed by atoms with Crippen molar-refractivity contribution in [2.45, 2.75) is 38.1 Å². The second-order valence-electron chi connectivity index (χ2n) is 8.43. The summed E-state index contributed by atoms with van der Waals surface area (Å²) in [5.41, 5.74) is 3.61. The molecule has 0 radical (unpaired) electrons. The summed E-state index contributed by atoms with van der Waals surface area (Å²) in [5, 5.41) is 11.4. The molecule has 2 N–H and O–H groups in total. The topological polar surface area (TPSA) is 78.1 Å². The highest BCUT2D eigenvalue weighted by Gasteiger charge is 2.35. The average Bonchev–Trinajstić information content (AvgIpc) is 3.18. The minimum absolute atomic E-state index is 0.00305. The molecule has 1 aromatic carbocycles. The van der Waals surface area contributed by atoms with Gasteiger partial charge in [-0.3, -0.25) is 9.89 Å². The summed E-state index contributed by atoms with van der Waals surface area (Å²) in [5.74, 6) is 0.496. The second-order valence-corrected chi connectivity index (χ2v) is 8.43. The number of H-pyrrole nitrogens is 1. The van der Waals surface area contributed by atoms with Gasteiger partial charge in [-0.1, -0.05) is 12.1 Å². The fourth-order valence-electron chi connectivity index (χ4n) is 5.05. The van der Waals surface area contributed by atoms with E-state index in [0.29, 0.717) is 11.6 Å². The van der Waals surface area contributed by atoms with Gasteiger partial charge in [0.05, 0.1) is 5.52 Å². The first-order valence-corrected chi connectivity index (χ1v) is 10.4. The van der Waals surface area contributed by atoms with Crippen molar-refractivity contribution in [2.75, 3.05) is 19.6 Å². The Hall–Kier alpha value is -2.47. The number of carbonyl (C=O) groups is 2. The lowest BCUT2D eigenvalue weighted by Gasteiger charge is -2.44. The standard InChI is InChI=1S/C22H26N4O2/c27-13-14-2-1-3-16(10-14)17-4-5-19-18(11-17)21(25-24-19)22(28)23-20-12-26-8-6-15(20)7-9-26/h4-5,10-11,13-15,20H,1-3,6-9,12H2,(H,23,28)(H,24,25)/t14?,20-/m0/s1. The van der Waals surface area contributed by atoms with Gasteiger partial charge in [-0.25, -0.2) is 0 Å². The molecule has 3 fully saturated rings. The fourth-order valence-corrected chi connectivity index (χ4v) is 5.05. The number of rotatable bonds is 4. The third-order valence-electron chi connectivity index (χ3n) is 6.69. The number of piperidine rings is 3. The second kappa shape index (κ2) is 7.17. The molecule has 0 saturated carbocycles. The highest BCUT2D eigenvalue weighted by atomic mass is 16.2. The van der Waals surface area contributed by atoms with Crippen LogP contribution in [-0.4, -0.2) is 53.0 Å². The first-order valence-electron chi connectivity index (χ1n) is 10.4. The van der Waals surface area contributed by atoms with E-state index in [1.54, 1.807) is 0 Å². The molecule has 2 bridgehead atoms. The number of carbonyl (C=O) groups excluding carboxylic acids is 2. The Morgan fingerprint density at radius 2 is 2.11 bits per heavy atom. The first kappa shape index (κ1) is 17.6. The van der Waals surface area contributed by atoms with Gasteiger partial charge in [0.2, 0.25) is 0 Å². The van der Waals surface area contributed by atoms with E-state index >= 15 is 0 Å². The van der Waals surface area contributed by atoms with E-state index in [2.05, 4.69) is 32.6 Å². The number of aldehydes is 1. The molecule has 3 saturated heterocycles. The van der Waals surface area contributed by atoms with Gasteiger partial charge in [0.15, 0.2) is 5.69 Å². The number of fused-ring (bicyclic) bond motifs is 4. The minimum atomic E-state index is -0.0921. The van der Waals surface area contributed by atoms with E-state index in [1.807, 2.05) is 12.1 Å². The van der Waals surface area contributed by atoms with Gasteiger partial charge in [-0.2, -0.15) is 5.10 Å². The van der Waals surface area contributed by atoms with Crippen LogP contribution in [0.25, 0.3) is 16.5 Å². The SMILES string of the molecule is O=CC1C=C(c2ccc3[nH]nc(C(=O)N[C@H]4CN5CCC4CC5)c3c2)CCC1. The smallest absolute Gasteiger partial charge is 0.272 e. The lowest BCUT2D eigenvalue weighted by atomic mass is 9.84. The molecule has 1 unspecified atom stereocenters. The molecule has 4 heterocycles. The van der Waals surface area contributed by atoms with Gasteiger partial charge in [0.1, 0.15) is 6.29 Å². The molecular formula is C22H26N4O2. The van der Waals surface area contributed by atoms with Crippen LogP contribution in [-0.2, 0) is 4.79 Å². The number of nitrogens with zero attached hydrogens (tertiary/aromatic N) is 2. The lowest BCUT2D eigenvalue weighted by Crippen LogP contribution is -2.57. The van der Waals surface area contributed by atoms with E-state index < -0.39 is 0 Å². The summed E-state index contributed by atoms with van der Waals surface area (Å²) in [6.45, 7) is 3.26. The van der Waals surface area contributed by atoms with Crippen molar-refractivity contribution in [1.29, 1.82) is 0 Å². The number of aromatic amines is 1. The summed E-state index contributed by atoms with van der Waals surface area (Å²) in [4.78, 5) is 26.6. The van der Waals surface area contributed by atoms with Crippen LogP contribution < -0.4 is 5.32 Å². The highest BCUT2D eigenvalue weighted by Crippen LogP contribution is 2.32. The van der Waals surface area contributed by atoms with Crippen molar-refractivity contribution >= 4 is 28.7 Å². The number of amides is 1. The molecule has 3 aliphatic heterocycles. The summed E-state index contributed by atoms with van der Waals surface area (Å²) in [6.07, 6.45) is 8.35. The van der Waals surface area contributed by atoms with E-state index in [4.69, 9.17) is 0 Å². The van der Waals surface area contributed by atoms with Gasteiger partial charge in [0.25, 0.3) is 5.91 Å². The zero-order valence-electron chi connectivity index (χ0n) is 16.0. The number of hydrogen-bond acceptors (Lipinski definition) is 4. The molecule has 6 nitrogen and oxygen atoms in total. The largest absolute Gasteiger partial charge is 0.346 e. The number of nitrogens with one attached hydrogen (secondary N) is 2. The molecule has 0 spiro atoms. The third-order valence-corrected chi connectivity index (χ3v) is 6.69. The number of aromatic nitrogens is 2. The van der Waals surface area contributed by atoms with Crippen molar-refractivity contribution in [1.82, 2.24) is 20.4 Å². The van der Waals surface area contributed by atoms with E-state index in [-0.39, 0.29) is 17.9 Å². The van der Waals surface area contributed by atoms with Crippen molar-refractivity contribution in [3.63, 3.8) is 0 Å². The van der Waals surface area contributed by atoms with Crippen molar-refractivity contribution in [3.05, 3.63) is 35.5 Å². The highest BCUT2D eigenvalue weighted by molar-refractivity contribution is 6.05. The molecule has 4 aliphatic rings. The summed E-state index contributed by atoms with van der Waals surface area (Å²) >= 11 is 0. The van der Waals surface area contributed by atoms with Gasteiger partial charge >= 0.3 is 0 Å².